The van der Waals surface area contributed by atoms with E-state index < -0.39 is 0 Å². The molecule has 1 nitrogen and oxygen atoms in total. The molecular weight excluding hydrogens is 581 g/mol. The Labute approximate surface area is 278 Å². The molecule has 0 bridgehead atoms. The molecule has 1 heteroatoms. The lowest BCUT2D eigenvalue weighted by Gasteiger charge is -2.23. The Kier molecular flexibility index (Phi) is 4.97. The smallest absolute Gasteiger partial charge is 0.136 e. The van der Waals surface area contributed by atoms with Crippen molar-refractivity contribution in [2.45, 2.75) is 19.3 Å². The molecule has 0 spiro atoms. The molecule has 0 fully saturated rings. The Hall–Kier alpha value is -5.92. The van der Waals surface area contributed by atoms with E-state index in [0.717, 1.165) is 21.9 Å². The average molecular weight is 611 g/mol. The van der Waals surface area contributed by atoms with Crippen LogP contribution < -0.4 is 0 Å². The summed E-state index contributed by atoms with van der Waals surface area (Å²) in [5.74, 6) is 0. The lowest BCUT2D eigenvalue weighted by atomic mass is 9.80. The van der Waals surface area contributed by atoms with E-state index in [4.69, 9.17) is 4.42 Å². The number of fused-ring (bicyclic) bond motifs is 7. The van der Waals surface area contributed by atoms with Gasteiger partial charge >= 0.3 is 0 Å². The summed E-state index contributed by atoms with van der Waals surface area (Å²) in [7, 11) is 0. The first-order valence-corrected chi connectivity index (χ1v) is 16.8. The van der Waals surface area contributed by atoms with Gasteiger partial charge in [0.2, 0.25) is 0 Å². The van der Waals surface area contributed by atoms with E-state index in [-0.39, 0.29) is 5.41 Å². The first-order chi connectivity index (χ1) is 23.5. The standard InChI is InChI=1S/C47H30O/c1-47(2)41-24-31(34-19-15-29-14-13-27-7-5-8-28-16-22-38(34)46(29)45(27)28)17-20-35(41)40-23-30-9-6-11-33(39(30)26-42(40)47)32-18-21-37-36-10-3-4-12-43(36)48-44(37)25-32/h3-26H,1-2H3. The maximum Gasteiger partial charge on any atom is 0.136 e. The molecule has 0 saturated heterocycles. The van der Waals surface area contributed by atoms with Crippen LogP contribution >= 0.6 is 0 Å². The summed E-state index contributed by atoms with van der Waals surface area (Å²) >= 11 is 0. The SMILES string of the molecule is CC1(C)c2cc(-c3ccc4ccc5cccc6ccc3c4c56)ccc2-c2cc3cccc(-c4ccc5c(c4)oc4ccccc45)c3cc21. The molecular formula is C47H30O. The van der Waals surface area contributed by atoms with Crippen LogP contribution in [0, 0.1) is 0 Å². The quantitative estimate of drug-likeness (QED) is 0.178. The lowest BCUT2D eigenvalue weighted by molar-refractivity contribution is 0.661. The van der Waals surface area contributed by atoms with Crippen molar-refractivity contribution in [1.29, 1.82) is 0 Å². The normalized spacial score (nSPS) is 13.8. The van der Waals surface area contributed by atoms with Gasteiger partial charge in [0.05, 0.1) is 0 Å². The summed E-state index contributed by atoms with van der Waals surface area (Å²) in [4.78, 5) is 0. The second-order valence-corrected chi connectivity index (χ2v) is 14.1. The van der Waals surface area contributed by atoms with E-state index in [1.54, 1.807) is 0 Å². The third-order valence-electron chi connectivity index (χ3n) is 11.2. The topological polar surface area (TPSA) is 13.1 Å². The first-order valence-electron chi connectivity index (χ1n) is 16.8. The second kappa shape index (κ2) is 9.12. The molecule has 0 atom stereocenters. The minimum Gasteiger partial charge on any atom is -0.456 e. The van der Waals surface area contributed by atoms with Gasteiger partial charge in [0.25, 0.3) is 0 Å². The minimum absolute atomic E-state index is 0.144. The van der Waals surface area contributed by atoms with Gasteiger partial charge in [0, 0.05) is 16.2 Å². The summed E-state index contributed by atoms with van der Waals surface area (Å²) in [6.07, 6.45) is 0. The fourth-order valence-electron chi connectivity index (χ4n) is 8.81. The van der Waals surface area contributed by atoms with Crippen LogP contribution in [0.1, 0.15) is 25.0 Å². The Balaban J connectivity index is 1.07. The van der Waals surface area contributed by atoms with E-state index in [1.807, 2.05) is 12.1 Å². The van der Waals surface area contributed by atoms with Gasteiger partial charge in [-0.2, -0.15) is 0 Å². The van der Waals surface area contributed by atoms with E-state index >= 15 is 0 Å². The third-order valence-corrected chi connectivity index (χ3v) is 11.2. The van der Waals surface area contributed by atoms with Gasteiger partial charge < -0.3 is 4.42 Å². The second-order valence-electron chi connectivity index (χ2n) is 14.1. The summed E-state index contributed by atoms with van der Waals surface area (Å²) in [5.41, 5.74) is 12.2. The van der Waals surface area contributed by atoms with Gasteiger partial charge in [-0.1, -0.05) is 123 Å². The number of furan rings is 1. The third kappa shape index (κ3) is 3.40. The zero-order valence-electron chi connectivity index (χ0n) is 26.8. The molecule has 0 N–H and O–H groups in total. The molecule has 1 aliphatic rings. The molecule has 10 aromatic rings. The van der Waals surface area contributed by atoms with Gasteiger partial charge in [-0.25, -0.2) is 0 Å². The van der Waals surface area contributed by atoms with Crippen molar-refractivity contribution in [3.8, 4) is 33.4 Å². The number of rotatable bonds is 2. The fourth-order valence-corrected chi connectivity index (χ4v) is 8.81. The van der Waals surface area contributed by atoms with Crippen LogP contribution in [0.25, 0.3) is 98.4 Å². The van der Waals surface area contributed by atoms with Crippen LogP contribution in [0.3, 0.4) is 0 Å². The van der Waals surface area contributed by atoms with Crippen LogP contribution in [0.5, 0.6) is 0 Å². The Morgan fingerprint density at radius 3 is 1.90 bits per heavy atom. The lowest BCUT2D eigenvalue weighted by Crippen LogP contribution is -2.15. The summed E-state index contributed by atoms with van der Waals surface area (Å²) in [5, 5.41) is 12.8. The number of hydrogen-bond donors (Lipinski definition) is 0. The number of benzene rings is 9. The predicted molar refractivity (Wildman–Crippen MR) is 203 cm³/mol. The molecule has 1 heterocycles. The van der Waals surface area contributed by atoms with Crippen LogP contribution in [0.4, 0.5) is 0 Å². The maximum absolute atomic E-state index is 6.28. The van der Waals surface area contributed by atoms with Crippen LogP contribution in [-0.4, -0.2) is 0 Å². The van der Waals surface area contributed by atoms with E-state index in [1.165, 1.54) is 87.6 Å². The highest BCUT2D eigenvalue weighted by molar-refractivity contribution is 6.25. The van der Waals surface area contributed by atoms with Crippen molar-refractivity contribution in [2.75, 3.05) is 0 Å². The number of hydrogen-bond acceptors (Lipinski definition) is 1. The van der Waals surface area contributed by atoms with E-state index in [9.17, 15) is 0 Å². The molecule has 9 aromatic carbocycles. The van der Waals surface area contributed by atoms with Crippen molar-refractivity contribution >= 4 is 65.0 Å². The predicted octanol–water partition coefficient (Wildman–Crippen LogP) is 13.3. The van der Waals surface area contributed by atoms with Gasteiger partial charge in [-0.05, 0) is 124 Å². The van der Waals surface area contributed by atoms with Crippen LogP contribution in [0.15, 0.2) is 150 Å². The molecule has 0 unspecified atom stereocenters. The Morgan fingerprint density at radius 2 is 1.00 bits per heavy atom. The zero-order chi connectivity index (χ0) is 31.7. The zero-order valence-corrected chi connectivity index (χ0v) is 26.8. The summed E-state index contributed by atoms with van der Waals surface area (Å²) in [6.45, 7) is 4.78. The molecule has 0 aliphatic heterocycles. The van der Waals surface area contributed by atoms with Crippen molar-refractivity contribution < 1.29 is 4.42 Å². The fraction of sp³-hybridized carbons (Fsp3) is 0.0638. The minimum atomic E-state index is -0.144. The van der Waals surface area contributed by atoms with Gasteiger partial charge in [-0.15, -0.1) is 0 Å². The molecule has 1 aliphatic carbocycles. The van der Waals surface area contributed by atoms with Crippen molar-refractivity contribution in [3.05, 3.63) is 157 Å². The molecule has 0 radical (unpaired) electrons. The highest BCUT2D eigenvalue weighted by Gasteiger charge is 2.36. The summed E-state index contributed by atoms with van der Waals surface area (Å²) in [6, 6.07) is 54.0. The van der Waals surface area contributed by atoms with Gasteiger partial charge in [-0.3, -0.25) is 0 Å². The van der Waals surface area contributed by atoms with E-state index in [0.29, 0.717) is 0 Å². The highest BCUT2D eigenvalue weighted by atomic mass is 16.3. The van der Waals surface area contributed by atoms with E-state index in [2.05, 4.69) is 147 Å². The molecule has 48 heavy (non-hydrogen) atoms. The average Bonchev–Trinajstić information content (AvgIpc) is 3.60. The maximum atomic E-state index is 6.28. The molecule has 1 aromatic heterocycles. The molecule has 0 amide bonds. The largest absolute Gasteiger partial charge is 0.456 e. The van der Waals surface area contributed by atoms with Gasteiger partial charge in [0.15, 0.2) is 0 Å². The van der Waals surface area contributed by atoms with Crippen LogP contribution in [0.2, 0.25) is 0 Å². The summed E-state index contributed by atoms with van der Waals surface area (Å²) < 4.78 is 6.28. The van der Waals surface area contributed by atoms with Crippen molar-refractivity contribution in [3.63, 3.8) is 0 Å². The first kappa shape index (κ1) is 26.2. The van der Waals surface area contributed by atoms with Crippen molar-refractivity contribution in [2.24, 2.45) is 0 Å². The van der Waals surface area contributed by atoms with Gasteiger partial charge in [0.1, 0.15) is 11.2 Å². The molecule has 11 rings (SSSR count). The molecule has 0 saturated carbocycles. The Morgan fingerprint density at radius 1 is 0.375 bits per heavy atom. The van der Waals surface area contributed by atoms with Crippen LogP contribution in [-0.2, 0) is 5.41 Å². The monoisotopic (exact) mass is 610 g/mol. The number of para-hydroxylation sites is 1. The Bertz CT molecular complexity index is 2960. The molecule has 224 valence electrons. The van der Waals surface area contributed by atoms with Crippen molar-refractivity contribution in [1.82, 2.24) is 0 Å². The highest BCUT2D eigenvalue weighted by Crippen LogP contribution is 2.52.